The Bertz CT molecular complexity index is 524. The molecule has 1 rings (SSSR count). The third-order valence-corrected chi connectivity index (χ3v) is 4.07. The molecule has 0 fully saturated rings. The summed E-state index contributed by atoms with van der Waals surface area (Å²) in [5.74, 6) is -0.661. The monoisotopic (exact) mass is 311 g/mol. The number of methoxy groups -OCH3 is 1. The van der Waals surface area contributed by atoms with Gasteiger partial charge in [-0.3, -0.25) is 4.79 Å². The Balaban J connectivity index is 2.86. The maximum Gasteiger partial charge on any atom is 0.331 e. The van der Waals surface area contributed by atoms with Gasteiger partial charge in [-0.2, -0.15) is 0 Å². The standard InChI is InChI=1S/C16H22ClNO3/c1-5-16(6-2,15(20)21-4)18-14(19)10-12-8-7-11(3)9-13(12)17/h7-9H,5-6,10H2,1-4H3,(H,18,19). The number of nitrogens with one attached hydrogen (secondary N) is 1. The normalized spacial score (nSPS) is 11.1. The molecule has 0 aliphatic carbocycles. The van der Waals surface area contributed by atoms with Crippen molar-refractivity contribution >= 4 is 23.5 Å². The molecule has 116 valence electrons. The fourth-order valence-electron chi connectivity index (χ4n) is 2.24. The van der Waals surface area contributed by atoms with E-state index in [9.17, 15) is 9.59 Å². The van der Waals surface area contributed by atoms with E-state index in [1.807, 2.05) is 39.0 Å². The number of hydrogen-bond acceptors (Lipinski definition) is 3. The van der Waals surface area contributed by atoms with Gasteiger partial charge >= 0.3 is 5.97 Å². The molecule has 0 spiro atoms. The summed E-state index contributed by atoms with van der Waals surface area (Å²) in [7, 11) is 1.32. The highest BCUT2D eigenvalue weighted by molar-refractivity contribution is 6.31. The number of hydrogen-bond donors (Lipinski definition) is 1. The molecule has 1 N–H and O–H groups in total. The highest BCUT2D eigenvalue weighted by Crippen LogP contribution is 2.20. The Morgan fingerprint density at radius 1 is 1.29 bits per heavy atom. The average Bonchev–Trinajstić information content (AvgIpc) is 2.47. The van der Waals surface area contributed by atoms with Gasteiger partial charge in [-0.15, -0.1) is 0 Å². The van der Waals surface area contributed by atoms with Gasteiger partial charge < -0.3 is 10.1 Å². The zero-order valence-corrected chi connectivity index (χ0v) is 13.7. The van der Waals surface area contributed by atoms with Crippen LogP contribution in [0.1, 0.15) is 37.8 Å². The number of aryl methyl sites for hydroxylation is 1. The summed E-state index contributed by atoms with van der Waals surface area (Å²) < 4.78 is 4.81. The first-order valence-corrected chi connectivity index (χ1v) is 7.40. The molecule has 0 saturated carbocycles. The third kappa shape index (κ3) is 4.21. The van der Waals surface area contributed by atoms with Gasteiger partial charge in [0.1, 0.15) is 5.54 Å². The zero-order chi connectivity index (χ0) is 16.0. The van der Waals surface area contributed by atoms with Crippen LogP contribution in [-0.4, -0.2) is 24.5 Å². The van der Waals surface area contributed by atoms with Gasteiger partial charge in [0, 0.05) is 5.02 Å². The van der Waals surface area contributed by atoms with Gasteiger partial charge in [0.2, 0.25) is 5.91 Å². The Morgan fingerprint density at radius 2 is 1.90 bits per heavy atom. The summed E-state index contributed by atoms with van der Waals surface area (Å²) in [5, 5.41) is 3.36. The van der Waals surface area contributed by atoms with Crippen LogP contribution in [0.4, 0.5) is 0 Å². The number of rotatable bonds is 6. The molecule has 0 radical (unpaired) electrons. The molecule has 4 nitrogen and oxygen atoms in total. The zero-order valence-electron chi connectivity index (χ0n) is 13.0. The number of carbonyl (C=O) groups excluding carboxylic acids is 2. The molecule has 0 heterocycles. The molecule has 0 bridgehead atoms. The van der Waals surface area contributed by atoms with E-state index in [-0.39, 0.29) is 12.3 Å². The van der Waals surface area contributed by atoms with Crippen LogP contribution >= 0.6 is 11.6 Å². The number of benzene rings is 1. The van der Waals surface area contributed by atoms with Crippen molar-refractivity contribution in [1.82, 2.24) is 5.32 Å². The minimum atomic E-state index is -0.969. The first kappa shape index (κ1) is 17.5. The van der Waals surface area contributed by atoms with E-state index in [2.05, 4.69) is 5.32 Å². The van der Waals surface area contributed by atoms with Gasteiger partial charge in [0.05, 0.1) is 13.5 Å². The Kier molecular flexibility index (Phi) is 6.21. The minimum absolute atomic E-state index is 0.137. The van der Waals surface area contributed by atoms with Crippen LogP contribution in [0.3, 0.4) is 0 Å². The molecule has 0 unspecified atom stereocenters. The van der Waals surface area contributed by atoms with Crippen molar-refractivity contribution in [2.24, 2.45) is 0 Å². The lowest BCUT2D eigenvalue weighted by Crippen LogP contribution is -2.54. The molecule has 0 saturated heterocycles. The summed E-state index contributed by atoms with van der Waals surface area (Å²) in [6.45, 7) is 5.63. The second kappa shape index (κ2) is 7.46. The lowest BCUT2D eigenvalue weighted by molar-refractivity contribution is -0.151. The van der Waals surface area contributed by atoms with E-state index in [0.717, 1.165) is 11.1 Å². The Hall–Kier alpha value is -1.55. The average molecular weight is 312 g/mol. The molecule has 1 amide bonds. The lowest BCUT2D eigenvalue weighted by Gasteiger charge is -2.29. The quantitative estimate of drug-likeness (QED) is 0.822. The maximum atomic E-state index is 12.2. The van der Waals surface area contributed by atoms with Gasteiger partial charge in [0.25, 0.3) is 0 Å². The van der Waals surface area contributed by atoms with Crippen LogP contribution in [0, 0.1) is 6.92 Å². The molecular formula is C16H22ClNO3. The smallest absolute Gasteiger partial charge is 0.331 e. The van der Waals surface area contributed by atoms with Crippen LogP contribution in [-0.2, 0) is 20.7 Å². The lowest BCUT2D eigenvalue weighted by atomic mass is 9.92. The van der Waals surface area contributed by atoms with Crippen LogP contribution in [0.15, 0.2) is 18.2 Å². The minimum Gasteiger partial charge on any atom is -0.467 e. The number of carbonyl (C=O) groups is 2. The van der Waals surface area contributed by atoms with E-state index in [0.29, 0.717) is 17.9 Å². The van der Waals surface area contributed by atoms with E-state index in [1.165, 1.54) is 7.11 Å². The molecule has 21 heavy (non-hydrogen) atoms. The summed E-state index contributed by atoms with van der Waals surface area (Å²) in [4.78, 5) is 24.2. The summed E-state index contributed by atoms with van der Waals surface area (Å²) in [5.41, 5.74) is 0.809. The number of esters is 1. The van der Waals surface area contributed by atoms with Crippen molar-refractivity contribution in [2.45, 2.75) is 45.6 Å². The fourth-order valence-corrected chi connectivity index (χ4v) is 2.54. The van der Waals surface area contributed by atoms with Gasteiger partial charge in [-0.25, -0.2) is 4.79 Å². The van der Waals surface area contributed by atoms with Crippen molar-refractivity contribution in [1.29, 1.82) is 0 Å². The number of ether oxygens (including phenoxy) is 1. The number of halogens is 1. The van der Waals surface area contributed by atoms with E-state index < -0.39 is 11.5 Å². The molecule has 1 aromatic carbocycles. The van der Waals surface area contributed by atoms with Crippen molar-refractivity contribution in [3.8, 4) is 0 Å². The third-order valence-electron chi connectivity index (χ3n) is 3.72. The first-order valence-electron chi connectivity index (χ1n) is 7.03. The van der Waals surface area contributed by atoms with Crippen LogP contribution in [0.2, 0.25) is 5.02 Å². The second-order valence-electron chi connectivity index (χ2n) is 5.10. The van der Waals surface area contributed by atoms with Crippen molar-refractivity contribution in [3.05, 3.63) is 34.3 Å². The molecule has 1 aromatic rings. The van der Waals surface area contributed by atoms with Gasteiger partial charge in [-0.1, -0.05) is 37.6 Å². The molecular weight excluding hydrogens is 290 g/mol. The van der Waals surface area contributed by atoms with Crippen molar-refractivity contribution in [3.63, 3.8) is 0 Å². The summed E-state index contributed by atoms with van der Waals surface area (Å²) >= 11 is 6.13. The van der Waals surface area contributed by atoms with Gasteiger partial charge in [0.15, 0.2) is 0 Å². The first-order chi connectivity index (χ1) is 9.88. The Morgan fingerprint density at radius 3 is 2.38 bits per heavy atom. The van der Waals surface area contributed by atoms with Crippen molar-refractivity contribution in [2.75, 3.05) is 7.11 Å². The van der Waals surface area contributed by atoms with E-state index in [1.54, 1.807) is 0 Å². The summed E-state index contributed by atoms with van der Waals surface area (Å²) in [6.07, 6.45) is 1.09. The van der Waals surface area contributed by atoms with Gasteiger partial charge in [-0.05, 0) is 37.0 Å². The number of amides is 1. The predicted octanol–water partition coefficient (Wildman–Crippen LogP) is 3.04. The molecule has 0 aliphatic heterocycles. The largest absolute Gasteiger partial charge is 0.467 e. The van der Waals surface area contributed by atoms with Crippen LogP contribution in [0.25, 0.3) is 0 Å². The molecule has 0 atom stereocenters. The highest BCUT2D eigenvalue weighted by atomic mass is 35.5. The topological polar surface area (TPSA) is 55.4 Å². The van der Waals surface area contributed by atoms with Crippen LogP contribution < -0.4 is 5.32 Å². The molecule has 0 aliphatic rings. The SMILES string of the molecule is CCC(CC)(NC(=O)Cc1ccc(C)cc1Cl)C(=O)OC. The molecule has 0 aromatic heterocycles. The van der Waals surface area contributed by atoms with Crippen LogP contribution in [0.5, 0.6) is 0 Å². The molecule has 5 heteroatoms. The fraction of sp³-hybridized carbons (Fsp3) is 0.500. The maximum absolute atomic E-state index is 12.2. The second-order valence-corrected chi connectivity index (χ2v) is 5.51. The predicted molar refractivity (Wildman–Crippen MR) is 83.4 cm³/mol. The van der Waals surface area contributed by atoms with Crippen molar-refractivity contribution < 1.29 is 14.3 Å². The van der Waals surface area contributed by atoms with E-state index >= 15 is 0 Å². The summed E-state index contributed by atoms with van der Waals surface area (Å²) in [6, 6.07) is 5.55. The van der Waals surface area contributed by atoms with E-state index in [4.69, 9.17) is 16.3 Å². The Labute approximate surface area is 130 Å². The highest BCUT2D eigenvalue weighted by Gasteiger charge is 2.37.